The summed E-state index contributed by atoms with van der Waals surface area (Å²) in [5, 5.41) is 2.60. The maximum absolute atomic E-state index is 12.7. The molecule has 0 saturated heterocycles. The molecule has 0 spiro atoms. The first kappa shape index (κ1) is 14.4. The third-order valence-corrected chi connectivity index (χ3v) is 3.40. The number of amides is 1. The number of hydrogen-bond acceptors (Lipinski definition) is 2. The maximum atomic E-state index is 12.7. The van der Waals surface area contributed by atoms with Crippen molar-refractivity contribution in [3.05, 3.63) is 59.2 Å². The van der Waals surface area contributed by atoms with Crippen molar-refractivity contribution < 1.29 is 22.7 Å². The molecule has 0 atom stereocenters. The first-order valence-electron chi connectivity index (χ1n) is 6.68. The van der Waals surface area contributed by atoms with Crippen molar-refractivity contribution in [1.82, 2.24) is 0 Å². The predicted octanol–water partition coefficient (Wildman–Crippen LogP) is 3.89. The number of ether oxygens (including phenoxy) is 1. The Hall–Kier alpha value is -2.50. The summed E-state index contributed by atoms with van der Waals surface area (Å²) in [5.41, 5.74) is 0.627. The number of alkyl halides is 3. The van der Waals surface area contributed by atoms with Crippen LogP contribution in [0.3, 0.4) is 0 Å². The fourth-order valence-corrected chi connectivity index (χ4v) is 2.30. The van der Waals surface area contributed by atoms with Crippen molar-refractivity contribution in [2.45, 2.75) is 12.6 Å². The van der Waals surface area contributed by atoms with Crippen LogP contribution in [-0.4, -0.2) is 12.5 Å². The summed E-state index contributed by atoms with van der Waals surface area (Å²) in [6.07, 6.45) is -3.72. The molecule has 1 heterocycles. The molecule has 0 saturated carbocycles. The van der Waals surface area contributed by atoms with Crippen LogP contribution in [0.1, 0.15) is 21.5 Å². The lowest BCUT2D eigenvalue weighted by Gasteiger charge is -2.10. The van der Waals surface area contributed by atoms with Crippen LogP contribution >= 0.6 is 0 Å². The Morgan fingerprint density at radius 3 is 2.73 bits per heavy atom. The highest BCUT2D eigenvalue weighted by Gasteiger charge is 2.30. The van der Waals surface area contributed by atoms with Gasteiger partial charge in [-0.1, -0.05) is 6.07 Å². The molecule has 1 aliphatic heterocycles. The number of hydrogen-bond donors (Lipinski definition) is 1. The highest BCUT2D eigenvalue weighted by atomic mass is 19.4. The summed E-state index contributed by atoms with van der Waals surface area (Å²) in [7, 11) is 0. The van der Waals surface area contributed by atoms with Crippen LogP contribution in [0.15, 0.2) is 42.5 Å². The number of halogens is 3. The monoisotopic (exact) mass is 307 g/mol. The van der Waals surface area contributed by atoms with Crippen LogP contribution in [-0.2, 0) is 12.6 Å². The lowest BCUT2D eigenvalue weighted by Crippen LogP contribution is -2.14. The van der Waals surface area contributed by atoms with Gasteiger partial charge in [-0.15, -0.1) is 0 Å². The van der Waals surface area contributed by atoms with Crippen molar-refractivity contribution in [2.24, 2.45) is 0 Å². The molecule has 22 heavy (non-hydrogen) atoms. The van der Waals surface area contributed by atoms with E-state index < -0.39 is 17.6 Å². The van der Waals surface area contributed by atoms with E-state index in [4.69, 9.17) is 4.74 Å². The van der Waals surface area contributed by atoms with E-state index in [-0.39, 0.29) is 5.56 Å². The number of carbonyl (C=O) groups excluding carboxylic acids is 1. The first-order chi connectivity index (χ1) is 10.4. The second-order valence-corrected chi connectivity index (χ2v) is 4.95. The van der Waals surface area contributed by atoms with Gasteiger partial charge in [0.05, 0.1) is 12.2 Å². The van der Waals surface area contributed by atoms with Gasteiger partial charge in [-0.2, -0.15) is 13.2 Å². The normalized spacial score (nSPS) is 13.4. The molecule has 0 aromatic heterocycles. The van der Waals surface area contributed by atoms with Gasteiger partial charge in [0, 0.05) is 17.7 Å². The average Bonchev–Trinajstić information content (AvgIpc) is 2.94. The fourth-order valence-electron chi connectivity index (χ4n) is 2.30. The topological polar surface area (TPSA) is 38.3 Å². The van der Waals surface area contributed by atoms with Crippen molar-refractivity contribution in [3.8, 4) is 5.75 Å². The quantitative estimate of drug-likeness (QED) is 0.914. The van der Waals surface area contributed by atoms with Gasteiger partial charge in [0.2, 0.25) is 0 Å². The van der Waals surface area contributed by atoms with Gasteiger partial charge in [0.1, 0.15) is 5.75 Å². The molecule has 2 aromatic rings. The molecule has 1 aliphatic rings. The van der Waals surface area contributed by atoms with Crippen molar-refractivity contribution >= 4 is 11.6 Å². The Morgan fingerprint density at radius 2 is 1.95 bits per heavy atom. The third kappa shape index (κ3) is 2.90. The Morgan fingerprint density at radius 1 is 1.14 bits per heavy atom. The zero-order valence-corrected chi connectivity index (χ0v) is 11.4. The van der Waals surface area contributed by atoms with Gasteiger partial charge < -0.3 is 10.1 Å². The van der Waals surface area contributed by atoms with Crippen LogP contribution < -0.4 is 10.1 Å². The van der Waals surface area contributed by atoms with Gasteiger partial charge in [-0.3, -0.25) is 4.79 Å². The Labute approximate surface area is 124 Å². The summed E-state index contributed by atoms with van der Waals surface area (Å²) in [4.78, 5) is 12.1. The van der Waals surface area contributed by atoms with E-state index in [1.54, 1.807) is 18.2 Å². The number of fused-ring (bicyclic) bond motifs is 1. The molecule has 0 fully saturated rings. The third-order valence-electron chi connectivity index (χ3n) is 3.40. The molecule has 1 N–H and O–H groups in total. The summed E-state index contributed by atoms with van der Waals surface area (Å²) in [6.45, 7) is 0.598. The van der Waals surface area contributed by atoms with E-state index in [1.807, 2.05) is 0 Å². The predicted molar refractivity (Wildman–Crippen MR) is 75.0 cm³/mol. The second kappa shape index (κ2) is 5.36. The van der Waals surface area contributed by atoms with E-state index in [2.05, 4.69) is 5.32 Å². The number of benzene rings is 2. The lowest BCUT2D eigenvalue weighted by molar-refractivity contribution is -0.137. The minimum atomic E-state index is -4.47. The van der Waals surface area contributed by atoms with Crippen LogP contribution in [0.5, 0.6) is 5.75 Å². The van der Waals surface area contributed by atoms with E-state index in [1.165, 1.54) is 12.1 Å². The molecular weight excluding hydrogens is 295 g/mol. The molecular formula is C16H12F3NO2. The average molecular weight is 307 g/mol. The standard InChI is InChI=1S/C16H12F3NO2/c17-16(18,19)12-3-1-2-11(8-12)15(21)20-13-4-5-14-10(9-13)6-7-22-14/h1-5,8-9H,6-7H2,(H,20,21). The molecule has 0 bridgehead atoms. The maximum Gasteiger partial charge on any atom is 0.416 e. The van der Waals surface area contributed by atoms with Gasteiger partial charge >= 0.3 is 6.18 Å². The molecule has 0 aliphatic carbocycles. The molecule has 0 unspecified atom stereocenters. The smallest absolute Gasteiger partial charge is 0.416 e. The van der Waals surface area contributed by atoms with Gasteiger partial charge in [-0.05, 0) is 42.0 Å². The molecule has 0 radical (unpaired) electrons. The Bertz CT molecular complexity index is 726. The van der Waals surface area contributed by atoms with E-state index in [0.29, 0.717) is 12.3 Å². The van der Waals surface area contributed by atoms with Gasteiger partial charge in [0.15, 0.2) is 0 Å². The minimum Gasteiger partial charge on any atom is -0.493 e. The number of rotatable bonds is 2. The summed E-state index contributed by atoms with van der Waals surface area (Å²) < 4.78 is 43.3. The zero-order valence-electron chi connectivity index (χ0n) is 11.4. The van der Waals surface area contributed by atoms with Crippen LogP contribution in [0.4, 0.5) is 18.9 Å². The van der Waals surface area contributed by atoms with E-state index in [9.17, 15) is 18.0 Å². The first-order valence-corrected chi connectivity index (χ1v) is 6.68. The highest BCUT2D eigenvalue weighted by molar-refractivity contribution is 6.04. The number of carbonyl (C=O) groups is 1. The van der Waals surface area contributed by atoms with Gasteiger partial charge in [0.25, 0.3) is 5.91 Å². The van der Waals surface area contributed by atoms with Crippen LogP contribution in [0, 0.1) is 0 Å². The van der Waals surface area contributed by atoms with E-state index >= 15 is 0 Å². The SMILES string of the molecule is O=C(Nc1ccc2c(c1)CCO2)c1cccc(C(F)(F)F)c1. The van der Waals surface area contributed by atoms with Crippen LogP contribution in [0.25, 0.3) is 0 Å². The Kier molecular flexibility index (Phi) is 3.52. The summed E-state index contributed by atoms with van der Waals surface area (Å²) in [6, 6.07) is 9.51. The molecule has 1 amide bonds. The lowest BCUT2D eigenvalue weighted by atomic mass is 10.1. The zero-order chi connectivity index (χ0) is 15.7. The molecule has 2 aromatic carbocycles. The minimum absolute atomic E-state index is 0.0356. The van der Waals surface area contributed by atoms with Crippen molar-refractivity contribution in [2.75, 3.05) is 11.9 Å². The summed E-state index contributed by atoms with van der Waals surface area (Å²) >= 11 is 0. The molecule has 3 nitrogen and oxygen atoms in total. The molecule has 3 rings (SSSR count). The Balaban J connectivity index is 1.80. The molecule has 114 valence electrons. The summed E-state index contributed by atoms with van der Waals surface area (Å²) in [5.74, 6) is 0.196. The van der Waals surface area contributed by atoms with E-state index in [0.717, 1.165) is 29.9 Å². The number of anilines is 1. The van der Waals surface area contributed by atoms with Gasteiger partial charge in [-0.25, -0.2) is 0 Å². The van der Waals surface area contributed by atoms with Crippen molar-refractivity contribution in [1.29, 1.82) is 0 Å². The number of nitrogens with one attached hydrogen (secondary N) is 1. The fraction of sp³-hybridized carbons (Fsp3) is 0.188. The van der Waals surface area contributed by atoms with Crippen LogP contribution in [0.2, 0.25) is 0 Å². The highest BCUT2D eigenvalue weighted by Crippen LogP contribution is 2.30. The molecule has 6 heteroatoms. The second-order valence-electron chi connectivity index (χ2n) is 4.95. The largest absolute Gasteiger partial charge is 0.493 e. The van der Waals surface area contributed by atoms with Crippen molar-refractivity contribution in [3.63, 3.8) is 0 Å².